The molecule has 1 rings (SSSR count). The van der Waals surface area contributed by atoms with Crippen molar-refractivity contribution in [3.8, 4) is 5.75 Å². The molecule has 88 valence electrons. The van der Waals surface area contributed by atoms with Gasteiger partial charge in [-0.15, -0.1) is 0 Å². The summed E-state index contributed by atoms with van der Waals surface area (Å²) in [5.41, 5.74) is 0.664. The standard InChI is InChI=1S/C12H17NO3/c1-4-8(2)7-16-10-6-5-9(3)13-11(10)12(14)15/h5-6,8H,4,7H2,1-3H3,(H,14,15). The zero-order valence-corrected chi connectivity index (χ0v) is 9.86. The van der Waals surface area contributed by atoms with Crippen LogP contribution in [0.1, 0.15) is 36.5 Å². The van der Waals surface area contributed by atoms with E-state index in [0.29, 0.717) is 24.0 Å². The molecule has 4 heteroatoms. The highest BCUT2D eigenvalue weighted by molar-refractivity contribution is 5.88. The molecule has 0 amide bonds. The van der Waals surface area contributed by atoms with Crippen LogP contribution in [-0.2, 0) is 0 Å². The number of aryl methyl sites for hydroxylation is 1. The second-order valence-electron chi connectivity index (χ2n) is 3.93. The minimum atomic E-state index is -1.05. The number of aromatic nitrogens is 1. The number of hydrogen-bond donors (Lipinski definition) is 1. The fraction of sp³-hybridized carbons (Fsp3) is 0.500. The molecule has 0 aliphatic carbocycles. The first-order valence-corrected chi connectivity index (χ1v) is 5.38. The van der Waals surface area contributed by atoms with E-state index < -0.39 is 5.97 Å². The predicted octanol–water partition coefficient (Wildman–Crippen LogP) is 2.51. The Bertz CT molecular complexity index is 377. The Morgan fingerprint density at radius 1 is 1.56 bits per heavy atom. The van der Waals surface area contributed by atoms with Gasteiger partial charge in [-0.2, -0.15) is 0 Å². The molecule has 1 atom stereocenters. The van der Waals surface area contributed by atoms with Crippen LogP contribution in [0.3, 0.4) is 0 Å². The minimum absolute atomic E-state index is 0.0108. The number of rotatable bonds is 5. The minimum Gasteiger partial charge on any atom is -0.491 e. The Kier molecular flexibility index (Phi) is 4.28. The molecule has 0 spiro atoms. The van der Waals surface area contributed by atoms with Crippen LogP contribution in [0.4, 0.5) is 0 Å². The maximum atomic E-state index is 10.9. The zero-order valence-electron chi connectivity index (χ0n) is 9.86. The van der Waals surface area contributed by atoms with Gasteiger partial charge in [0.1, 0.15) is 0 Å². The third-order valence-electron chi connectivity index (χ3n) is 2.42. The number of carbonyl (C=O) groups is 1. The molecule has 1 aromatic heterocycles. The molecular weight excluding hydrogens is 206 g/mol. The van der Waals surface area contributed by atoms with Crippen LogP contribution >= 0.6 is 0 Å². The molecule has 0 saturated carbocycles. The molecular formula is C12H17NO3. The molecule has 1 N–H and O–H groups in total. The van der Waals surface area contributed by atoms with E-state index in [2.05, 4.69) is 18.8 Å². The SMILES string of the molecule is CCC(C)COc1ccc(C)nc1C(=O)O. The first-order chi connectivity index (χ1) is 7.54. The largest absolute Gasteiger partial charge is 0.491 e. The molecule has 0 fully saturated rings. The lowest BCUT2D eigenvalue weighted by atomic mass is 10.1. The van der Waals surface area contributed by atoms with Crippen LogP contribution in [0.2, 0.25) is 0 Å². The van der Waals surface area contributed by atoms with E-state index in [1.165, 1.54) is 0 Å². The van der Waals surface area contributed by atoms with Gasteiger partial charge < -0.3 is 9.84 Å². The summed E-state index contributed by atoms with van der Waals surface area (Å²) in [4.78, 5) is 14.9. The molecule has 0 bridgehead atoms. The maximum absolute atomic E-state index is 10.9. The highest BCUT2D eigenvalue weighted by Crippen LogP contribution is 2.18. The third kappa shape index (κ3) is 3.22. The van der Waals surface area contributed by atoms with Crippen molar-refractivity contribution in [2.24, 2.45) is 5.92 Å². The number of nitrogens with zero attached hydrogens (tertiary/aromatic N) is 1. The predicted molar refractivity (Wildman–Crippen MR) is 60.9 cm³/mol. The van der Waals surface area contributed by atoms with Crippen LogP contribution in [-0.4, -0.2) is 22.7 Å². The monoisotopic (exact) mass is 223 g/mol. The van der Waals surface area contributed by atoms with Gasteiger partial charge in [0.25, 0.3) is 0 Å². The lowest BCUT2D eigenvalue weighted by Gasteiger charge is -2.12. The number of hydrogen-bond acceptors (Lipinski definition) is 3. The van der Waals surface area contributed by atoms with E-state index >= 15 is 0 Å². The van der Waals surface area contributed by atoms with Gasteiger partial charge in [0.05, 0.1) is 6.61 Å². The summed E-state index contributed by atoms with van der Waals surface area (Å²) in [7, 11) is 0. The molecule has 0 aliphatic heterocycles. The van der Waals surface area contributed by atoms with Crippen molar-refractivity contribution in [1.82, 2.24) is 4.98 Å². The van der Waals surface area contributed by atoms with Gasteiger partial charge in [0.15, 0.2) is 11.4 Å². The van der Waals surface area contributed by atoms with Gasteiger partial charge >= 0.3 is 5.97 Å². The van der Waals surface area contributed by atoms with Crippen LogP contribution in [0.15, 0.2) is 12.1 Å². The van der Waals surface area contributed by atoms with E-state index in [-0.39, 0.29) is 5.69 Å². The summed E-state index contributed by atoms with van der Waals surface area (Å²) in [6, 6.07) is 3.41. The van der Waals surface area contributed by atoms with Crippen LogP contribution in [0.5, 0.6) is 5.75 Å². The van der Waals surface area contributed by atoms with Crippen LogP contribution in [0.25, 0.3) is 0 Å². The summed E-state index contributed by atoms with van der Waals surface area (Å²) < 4.78 is 5.46. The summed E-state index contributed by atoms with van der Waals surface area (Å²) in [5, 5.41) is 8.97. The second kappa shape index (κ2) is 5.49. The Labute approximate surface area is 95.3 Å². The molecule has 16 heavy (non-hydrogen) atoms. The average Bonchev–Trinajstić information content (AvgIpc) is 2.26. The van der Waals surface area contributed by atoms with Crippen molar-refractivity contribution in [2.45, 2.75) is 27.2 Å². The molecule has 0 aliphatic rings. The number of ether oxygens (including phenoxy) is 1. The summed E-state index contributed by atoms with van der Waals surface area (Å²) >= 11 is 0. The fourth-order valence-electron chi connectivity index (χ4n) is 1.16. The lowest BCUT2D eigenvalue weighted by molar-refractivity contribution is 0.0684. The van der Waals surface area contributed by atoms with Crippen molar-refractivity contribution in [3.05, 3.63) is 23.5 Å². The zero-order chi connectivity index (χ0) is 12.1. The Morgan fingerprint density at radius 3 is 2.81 bits per heavy atom. The van der Waals surface area contributed by atoms with Crippen molar-refractivity contribution < 1.29 is 14.6 Å². The smallest absolute Gasteiger partial charge is 0.358 e. The van der Waals surface area contributed by atoms with E-state index in [1.807, 2.05) is 0 Å². The van der Waals surface area contributed by atoms with Gasteiger partial charge in [-0.3, -0.25) is 0 Å². The van der Waals surface area contributed by atoms with Gasteiger partial charge in [-0.1, -0.05) is 20.3 Å². The first kappa shape index (κ1) is 12.5. The molecule has 0 aromatic carbocycles. The Morgan fingerprint density at radius 2 is 2.25 bits per heavy atom. The van der Waals surface area contributed by atoms with Gasteiger partial charge in [-0.05, 0) is 25.0 Å². The molecule has 1 unspecified atom stereocenters. The highest BCUT2D eigenvalue weighted by Gasteiger charge is 2.14. The number of aromatic carboxylic acids is 1. The fourth-order valence-corrected chi connectivity index (χ4v) is 1.16. The quantitative estimate of drug-likeness (QED) is 0.833. The van der Waals surface area contributed by atoms with E-state index in [0.717, 1.165) is 6.42 Å². The molecule has 1 aromatic rings. The lowest BCUT2D eigenvalue weighted by Crippen LogP contribution is -2.11. The van der Waals surface area contributed by atoms with E-state index in [1.54, 1.807) is 19.1 Å². The van der Waals surface area contributed by atoms with Gasteiger partial charge in [0.2, 0.25) is 0 Å². The van der Waals surface area contributed by atoms with Crippen molar-refractivity contribution in [3.63, 3.8) is 0 Å². The first-order valence-electron chi connectivity index (χ1n) is 5.38. The summed E-state index contributed by atoms with van der Waals surface area (Å²) in [5.74, 6) is -0.302. The van der Waals surface area contributed by atoms with Gasteiger partial charge in [0, 0.05) is 5.69 Å². The molecule has 0 saturated heterocycles. The molecule has 1 heterocycles. The van der Waals surface area contributed by atoms with Crippen LogP contribution < -0.4 is 4.74 Å². The van der Waals surface area contributed by atoms with Crippen LogP contribution in [0, 0.1) is 12.8 Å². The van der Waals surface area contributed by atoms with Gasteiger partial charge in [-0.25, -0.2) is 9.78 Å². The van der Waals surface area contributed by atoms with Crippen molar-refractivity contribution in [1.29, 1.82) is 0 Å². The number of carboxylic acid groups (broad SMARTS) is 1. The molecule has 4 nitrogen and oxygen atoms in total. The summed E-state index contributed by atoms with van der Waals surface area (Å²) in [6.45, 7) is 6.40. The van der Waals surface area contributed by atoms with Crippen molar-refractivity contribution in [2.75, 3.05) is 6.61 Å². The Balaban J connectivity index is 2.82. The summed E-state index contributed by atoms with van der Waals surface area (Å²) in [6.07, 6.45) is 1.00. The number of carboxylic acids is 1. The van der Waals surface area contributed by atoms with E-state index in [9.17, 15) is 4.79 Å². The highest BCUT2D eigenvalue weighted by atomic mass is 16.5. The second-order valence-corrected chi connectivity index (χ2v) is 3.93. The maximum Gasteiger partial charge on any atom is 0.358 e. The van der Waals surface area contributed by atoms with E-state index in [4.69, 9.17) is 9.84 Å². The normalized spacial score (nSPS) is 12.2. The average molecular weight is 223 g/mol. The third-order valence-corrected chi connectivity index (χ3v) is 2.42. The topological polar surface area (TPSA) is 59.4 Å². The molecule has 0 radical (unpaired) electrons. The van der Waals surface area contributed by atoms with Crippen molar-refractivity contribution >= 4 is 5.97 Å². The number of pyridine rings is 1. The Hall–Kier alpha value is -1.58.